The lowest BCUT2D eigenvalue weighted by molar-refractivity contribution is -0.142. The quantitative estimate of drug-likeness (QED) is 0.0725. The fourth-order valence-electron chi connectivity index (χ4n) is 5.51. The Labute approximate surface area is 325 Å². The molecule has 7 amide bonds. The van der Waals surface area contributed by atoms with Crippen molar-refractivity contribution in [3.8, 4) is 5.75 Å². The number of hydrogen-bond acceptors (Lipinski definition) is 10. The number of aromatic hydroxyl groups is 1. The summed E-state index contributed by atoms with van der Waals surface area (Å²) in [7, 11) is 0. The van der Waals surface area contributed by atoms with Gasteiger partial charge >= 0.3 is 5.97 Å². The first-order valence-corrected chi connectivity index (χ1v) is 18.1. The van der Waals surface area contributed by atoms with Crippen molar-refractivity contribution >= 4 is 47.3 Å². The molecule has 2 aromatic carbocycles. The molecular formula is C38H54N8O10. The molecule has 0 aromatic heterocycles. The van der Waals surface area contributed by atoms with Crippen LogP contribution in [0.2, 0.25) is 0 Å². The fourth-order valence-corrected chi connectivity index (χ4v) is 5.51. The Morgan fingerprint density at radius 3 is 1.68 bits per heavy atom. The molecule has 0 heterocycles. The first-order valence-electron chi connectivity index (χ1n) is 18.1. The third kappa shape index (κ3) is 14.7. The molecule has 2 aromatic rings. The van der Waals surface area contributed by atoms with Crippen LogP contribution in [-0.2, 0) is 44.8 Å². The molecule has 0 aliphatic heterocycles. The summed E-state index contributed by atoms with van der Waals surface area (Å²) in [5.74, 6) is -8.88. The van der Waals surface area contributed by atoms with Gasteiger partial charge in [0.25, 0.3) is 0 Å². The number of amides is 7. The van der Waals surface area contributed by atoms with Crippen LogP contribution in [0.5, 0.6) is 5.75 Å². The van der Waals surface area contributed by atoms with Gasteiger partial charge < -0.3 is 53.6 Å². The van der Waals surface area contributed by atoms with E-state index in [4.69, 9.17) is 11.5 Å². The van der Waals surface area contributed by atoms with Crippen LogP contribution in [0.3, 0.4) is 0 Å². The number of carbonyl (C=O) groups excluding carboxylic acids is 7. The van der Waals surface area contributed by atoms with E-state index in [1.165, 1.54) is 19.1 Å². The van der Waals surface area contributed by atoms with Crippen molar-refractivity contribution in [1.29, 1.82) is 0 Å². The molecule has 0 spiro atoms. The summed E-state index contributed by atoms with van der Waals surface area (Å²) in [6, 6.07) is 6.87. The molecule has 0 saturated heterocycles. The van der Waals surface area contributed by atoms with Crippen LogP contribution in [0.1, 0.15) is 65.0 Å². The summed E-state index contributed by atoms with van der Waals surface area (Å²) in [6.07, 6.45) is -0.798. The molecule has 306 valence electrons. The Balaban J connectivity index is 2.29. The minimum absolute atomic E-state index is 0.0421. The van der Waals surface area contributed by atoms with Crippen LogP contribution < -0.4 is 43.4 Å². The van der Waals surface area contributed by atoms with Crippen LogP contribution >= 0.6 is 0 Å². The molecule has 12 N–H and O–H groups in total. The monoisotopic (exact) mass is 782 g/mol. The zero-order chi connectivity index (χ0) is 42.3. The number of hydrogen-bond donors (Lipinski definition) is 10. The number of nitrogens with two attached hydrogens (primary N) is 2. The van der Waals surface area contributed by atoms with Crippen LogP contribution in [0.25, 0.3) is 0 Å². The average molecular weight is 783 g/mol. The van der Waals surface area contributed by atoms with E-state index in [-0.39, 0.29) is 12.2 Å². The number of rotatable bonds is 21. The van der Waals surface area contributed by atoms with Crippen LogP contribution in [0.4, 0.5) is 0 Å². The lowest BCUT2D eigenvalue weighted by Gasteiger charge is -2.30. The van der Waals surface area contributed by atoms with Gasteiger partial charge in [-0.1, -0.05) is 77.1 Å². The van der Waals surface area contributed by atoms with E-state index in [1.807, 2.05) is 0 Å². The van der Waals surface area contributed by atoms with Gasteiger partial charge in [0.15, 0.2) is 0 Å². The predicted molar refractivity (Wildman–Crippen MR) is 204 cm³/mol. The predicted octanol–water partition coefficient (Wildman–Crippen LogP) is -1.10. The number of carbonyl (C=O) groups is 8. The standard InChI is InChI=1S/C38H54N8O10/c1-19(2)30(36(54)41-18-28(40)48)45-37(55)31(20(3)4)44-35(53)27(17-29(49)50)43-38(56)32(21(5)24-10-8-7-9-11-24)46-33(51)22(6)42-34(52)26(39)16-23-12-14-25(47)15-13-23/h7-15,19-22,26-27,30-32,47H,16-18,39H2,1-6H3,(H2,40,48)(H,41,54)(H,42,52)(H,43,56)(H,44,53)(H,45,55)(H,46,51)(H,49,50)/t21-,22-,26+,27+,30+,31+,32-/m1/s1. The van der Waals surface area contributed by atoms with E-state index >= 15 is 0 Å². The minimum atomic E-state index is -1.73. The molecule has 0 saturated carbocycles. The van der Waals surface area contributed by atoms with Gasteiger partial charge in [-0.3, -0.25) is 38.4 Å². The highest BCUT2D eigenvalue weighted by Gasteiger charge is 2.36. The summed E-state index contributed by atoms with van der Waals surface area (Å²) in [6.45, 7) is 9.03. The lowest BCUT2D eigenvalue weighted by atomic mass is 9.92. The van der Waals surface area contributed by atoms with E-state index in [2.05, 4.69) is 31.9 Å². The Morgan fingerprint density at radius 2 is 1.14 bits per heavy atom. The number of nitrogens with one attached hydrogen (secondary N) is 6. The zero-order valence-corrected chi connectivity index (χ0v) is 32.3. The maximum absolute atomic E-state index is 13.9. The SMILES string of the molecule is CC(C)[C@H](NC(=O)[C@H](CC(=O)O)NC(=O)[C@H](NC(=O)[C@@H](C)NC(=O)[C@@H](N)Cc1ccc(O)cc1)[C@H](C)c1ccccc1)C(=O)N[C@H](C(=O)NCC(N)=O)C(C)C. The van der Waals surface area contributed by atoms with Crippen LogP contribution in [0.15, 0.2) is 54.6 Å². The first kappa shape index (κ1) is 46.1. The molecule has 0 unspecified atom stereocenters. The van der Waals surface area contributed by atoms with Gasteiger partial charge in [-0.2, -0.15) is 0 Å². The zero-order valence-electron chi connectivity index (χ0n) is 32.3. The number of primary amides is 1. The molecule has 0 bridgehead atoms. The van der Waals surface area contributed by atoms with Gasteiger partial charge in [0.2, 0.25) is 41.4 Å². The highest BCUT2D eigenvalue weighted by Crippen LogP contribution is 2.20. The summed E-state index contributed by atoms with van der Waals surface area (Å²) in [5, 5.41) is 34.1. The minimum Gasteiger partial charge on any atom is -0.508 e. The summed E-state index contributed by atoms with van der Waals surface area (Å²) >= 11 is 0. The average Bonchev–Trinajstić information content (AvgIpc) is 3.13. The summed E-state index contributed by atoms with van der Waals surface area (Å²) in [5.41, 5.74) is 12.4. The van der Waals surface area contributed by atoms with Gasteiger partial charge in [0.1, 0.15) is 36.0 Å². The van der Waals surface area contributed by atoms with Crippen LogP contribution in [0, 0.1) is 11.8 Å². The van der Waals surface area contributed by atoms with Crippen molar-refractivity contribution in [1.82, 2.24) is 31.9 Å². The second kappa shape index (κ2) is 21.7. The van der Waals surface area contributed by atoms with Gasteiger partial charge in [-0.15, -0.1) is 0 Å². The molecule has 0 aliphatic rings. The smallest absolute Gasteiger partial charge is 0.305 e. The molecule has 2 rings (SSSR count). The third-order valence-electron chi connectivity index (χ3n) is 8.83. The maximum atomic E-state index is 13.9. The van der Waals surface area contributed by atoms with Gasteiger partial charge in [0, 0.05) is 5.92 Å². The highest BCUT2D eigenvalue weighted by molar-refractivity contribution is 5.98. The number of phenols is 1. The van der Waals surface area contributed by atoms with Crippen molar-refractivity contribution in [3.05, 3.63) is 65.7 Å². The second-order valence-electron chi connectivity index (χ2n) is 14.2. The normalized spacial score (nSPS) is 14.8. The Bertz CT molecular complexity index is 1700. The Morgan fingerprint density at radius 1 is 0.625 bits per heavy atom. The largest absolute Gasteiger partial charge is 0.508 e. The third-order valence-corrected chi connectivity index (χ3v) is 8.83. The molecule has 0 aliphatic carbocycles. The number of carboxylic acid groups (broad SMARTS) is 1. The lowest BCUT2D eigenvalue weighted by Crippen LogP contribution is -2.61. The molecule has 18 nitrogen and oxygen atoms in total. The van der Waals surface area contributed by atoms with E-state index in [1.54, 1.807) is 77.1 Å². The van der Waals surface area contributed by atoms with Crippen molar-refractivity contribution in [2.75, 3.05) is 6.54 Å². The molecular weight excluding hydrogens is 728 g/mol. The van der Waals surface area contributed by atoms with E-state index < -0.39 is 114 Å². The molecule has 56 heavy (non-hydrogen) atoms. The number of carboxylic acids is 1. The van der Waals surface area contributed by atoms with Gasteiger partial charge in [-0.25, -0.2) is 0 Å². The second-order valence-corrected chi connectivity index (χ2v) is 14.2. The van der Waals surface area contributed by atoms with Crippen molar-refractivity contribution in [3.63, 3.8) is 0 Å². The van der Waals surface area contributed by atoms with Crippen molar-refractivity contribution < 1.29 is 48.6 Å². The highest BCUT2D eigenvalue weighted by atomic mass is 16.4. The number of benzene rings is 2. The molecule has 0 radical (unpaired) electrons. The molecule has 18 heteroatoms. The van der Waals surface area contributed by atoms with Crippen LogP contribution in [-0.4, -0.2) is 100 Å². The van der Waals surface area contributed by atoms with E-state index in [9.17, 15) is 48.6 Å². The number of phenolic OH excluding ortho intramolecular Hbond substituents is 1. The topological polar surface area (TPSA) is 301 Å². The van der Waals surface area contributed by atoms with E-state index in [0.29, 0.717) is 11.1 Å². The van der Waals surface area contributed by atoms with Gasteiger partial charge in [-0.05, 0) is 48.4 Å². The van der Waals surface area contributed by atoms with Gasteiger partial charge in [0.05, 0.1) is 19.0 Å². The van der Waals surface area contributed by atoms with Crippen molar-refractivity contribution in [2.24, 2.45) is 23.3 Å². The summed E-state index contributed by atoms with van der Waals surface area (Å²) < 4.78 is 0. The van der Waals surface area contributed by atoms with Crippen molar-refractivity contribution in [2.45, 2.75) is 96.6 Å². The Hall–Kier alpha value is -6.04. The Kier molecular flexibility index (Phi) is 17.9. The molecule has 7 atom stereocenters. The first-order chi connectivity index (χ1) is 26.2. The maximum Gasteiger partial charge on any atom is 0.305 e. The van der Waals surface area contributed by atoms with E-state index in [0.717, 1.165) is 0 Å². The fraction of sp³-hybridized carbons (Fsp3) is 0.474. The number of aliphatic carboxylic acids is 1. The molecule has 0 fully saturated rings. The summed E-state index contributed by atoms with van der Waals surface area (Å²) in [4.78, 5) is 103.